The molecule has 0 radical (unpaired) electrons. The van der Waals surface area contributed by atoms with Gasteiger partial charge in [-0.05, 0) is 25.1 Å². The summed E-state index contributed by atoms with van der Waals surface area (Å²) in [5.74, 6) is 0.120. The van der Waals surface area contributed by atoms with Crippen LogP contribution in [-0.2, 0) is 0 Å². The van der Waals surface area contributed by atoms with Crippen LogP contribution in [0.1, 0.15) is 15.9 Å². The van der Waals surface area contributed by atoms with Crippen molar-refractivity contribution in [1.29, 1.82) is 0 Å². The Labute approximate surface area is 132 Å². The highest BCUT2D eigenvalue weighted by atomic mass is 35.5. The number of carbonyl (C=O) groups is 1. The van der Waals surface area contributed by atoms with E-state index in [0.29, 0.717) is 10.6 Å². The molecule has 0 heterocycles. The number of ether oxygens (including phenoxy) is 1. The second kappa shape index (κ2) is 6.49. The summed E-state index contributed by atoms with van der Waals surface area (Å²) < 4.78 is 5.41. The van der Waals surface area contributed by atoms with Crippen molar-refractivity contribution < 1.29 is 9.53 Å². The van der Waals surface area contributed by atoms with E-state index in [0.717, 1.165) is 5.56 Å². The zero-order chi connectivity index (χ0) is 14.7. The van der Waals surface area contributed by atoms with E-state index < -0.39 is 0 Å². The van der Waals surface area contributed by atoms with E-state index >= 15 is 0 Å². The summed E-state index contributed by atoms with van der Waals surface area (Å²) in [5.41, 5.74) is 1.60. The molecule has 0 aliphatic carbocycles. The minimum absolute atomic E-state index is 0.134. The van der Waals surface area contributed by atoms with Gasteiger partial charge in [-0.15, -0.1) is 0 Å². The first kappa shape index (κ1) is 15.2. The molecule has 104 valence electrons. The van der Waals surface area contributed by atoms with Crippen LogP contribution in [0.15, 0.2) is 36.4 Å². The standard InChI is InChI=1S/C15H11Cl3O2/c1-9-3-2-4-10(5-9)14(19)8-20-15-12(17)6-11(16)7-13(15)18/h2-7H,8H2,1H3. The number of carbonyl (C=O) groups excluding carboxylic acids is 1. The van der Waals surface area contributed by atoms with Gasteiger partial charge in [0.15, 0.2) is 18.1 Å². The van der Waals surface area contributed by atoms with Gasteiger partial charge in [-0.1, -0.05) is 58.6 Å². The van der Waals surface area contributed by atoms with Crippen LogP contribution < -0.4 is 4.74 Å². The van der Waals surface area contributed by atoms with Crippen molar-refractivity contribution >= 4 is 40.6 Å². The molecule has 0 atom stereocenters. The number of rotatable bonds is 4. The zero-order valence-electron chi connectivity index (χ0n) is 10.6. The predicted molar refractivity (Wildman–Crippen MR) is 82.5 cm³/mol. The highest BCUT2D eigenvalue weighted by molar-refractivity contribution is 6.40. The smallest absolute Gasteiger partial charge is 0.200 e. The molecule has 2 rings (SSSR count). The Morgan fingerprint density at radius 3 is 2.35 bits per heavy atom. The lowest BCUT2D eigenvalue weighted by molar-refractivity contribution is 0.0921. The second-order valence-corrected chi connectivity index (χ2v) is 5.53. The molecule has 0 aliphatic heterocycles. The van der Waals surface area contributed by atoms with Gasteiger partial charge < -0.3 is 4.74 Å². The molecule has 0 bridgehead atoms. The molecule has 0 saturated heterocycles. The molecule has 0 aliphatic rings. The van der Waals surface area contributed by atoms with Crippen LogP contribution in [0.5, 0.6) is 5.75 Å². The first-order valence-corrected chi connectivity index (χ1v) is 6.98. The molecule has 5 heteroatoms. The molecule has 0 amide bonds. The minimum Gasteiger partial charge on any atom is -0.482 e. The number of hydrogen-bond acceptors (Lipinski definition) is 2. The largest absolute Gasteiger partial charge is 0.482 e. The Morgan fingerprint density at radius 2 is 1.75 bits per heavy atom. The van der Waals surface area contributed by atoms with E-state index in [2.05, 4.69) is 0 Å². The molecule has 2 aromatic rings. The van der Waals surface area contributed by atoms with E-state index in [1.165, 1.54) is 12.1 Å². The Hall–Kier alpha value is -1.22. The summed E-state index contributed by atoms with van der Waals surface area (Å²) in [7, 11) is 0. The zero-order valence-corrected chi connectivity index (χ0v) is 12.9. The lowest BCUT2D eigenvalue weighted by Crippen LogP contribution is -2.12. The van der Waals surface area contributed by atoms with E-state index in [1.807, 2.05) is 19.1 Å². The van der Waals surface area contributed by atoms with Crippen LogP contribution in [0.2, 0.25) is 15.1 Å². The van der Waals surface area contributed by atoms with Crippen LogP contribution in [0, 0.1) is 6.92 Å². The van der Waals surface area contributed by atoms with Gasteiger partial charge in [0.2, 0.25) is 0 Å². The van der Waals surface area contributed by atoms with Gasteiger partial charge >= 0.3 is 0 Å². The molecule has 2 aromatic carbocycles. The van der Waals surface area contributed by atoms with E-state index in [9.17, 15) is 4.79 Å². The van der Waals surface area contributed by atoms with Crippen molar-refractivity contribution in [1.82, 2.24) is 0 Å². The average molecular weight is 330 g/mol. The fourth-order valence-electron chi connectivity index (χ4n) is 1.71. The number of halogens is 3. The number of Topliss-reactive ketones (excluding diaryl/α,β-unsaturated/α-hetero) is 1. The molecule has 0 N–H and O–H groups in total. The average Bonchev–Trinajstić information content (AvgIpc) is 2.37. The molecule has 0 fully saturated rings. The van der Waals surface area contributed by atoms with Crippen LogP contribution >= 0.6 is 34.8 Å². The highest BCUT2D eigenvalue weighted by Gasteiger charge is 2.12. The van der Waals surface area contributed by atoms with Crippen molar-refractivity contribution in [3.8, 4) is 5.75 Å². The number of hydrogen-bond donors (Lipinski definition) is 0. The van der Waals surface area contributed by atoms with Crippen LogP contribution in [-0.4, -0.2) is 12.4 Å². The molecule has 0 unspecified atom stereocenters. The van der Waals surface area contributed by atoms with E-state index in [-0.39, 0.29) is 28.2 Å². The van der Waals surface area contributed by atoms with Gasteiger partial charge in [-0.3, -0.25) is 4.79 Å². The first-order valence-electron chi connectivity index (χ1n) is 5.84. The topological polar surface area (TPSA) is 26.3 Å². The van der Waals surface area contributed by atoms with Crippen molar-refractivity contribution in [3.63, 3.8) is 0 Å². The van der Waals surface area contributed by atoms with Crippen LogP contribution in [0.4, 0.5) is 0 Å². The van der Waals surface area contributed by atoms with Gasteiger partial charge in [0.1, 0.15) is 0 Å². The van der Waals surface area contributed by atoms with Gasteiger partial charge in [-0.2, -0.15) is 0 Å². The van der Waals surface area contributed by atoms with Gasteiger partial charge in [0, 0.05) is 10.6 Å². The third-order valence-electron chi connectivity index (χ3n) is 2.65. The molecular weight excluding hydrogens is 319 g/mol. The van der Waals surface area contributed by atoms with Gasteiger partial charge in [0.25, 0.3) is 0 Å². The molecule has 0 spiro atoms. The molecule has 20 heavy (non-hydrogen) atoms. The summed E-state index contributed by atoms with van der Waals surface area (Å²) in [6.07, 6.45) is 0. The maximum absolute atomic E-state index is 12.0. The van der Waals surface area contributed by atoms with Crippen LogP contribution in [0.25, 0.3) is 0 Å². The molecule has 0 aromatic heterocycles. The predicted octanol–water partition coefficient (Wildman–Crippen LogP) is 5.22. The molecule has 0 saturated carbocycles. The summed E-state index contributed by atoms with van der Waals surface area (Å²) in [5, 5.41) is 0.969. The Kier molecular flexibility index (Phi) is 4.92. The van der Waals surface area contributed by atoms with Crippen molar-refractivity contribution in [2.75, 3.05) is 6.61 Å². The Morgan fingerprint density at radius 1 is 1.10 bits per heavy atom. The number of ketones is 1. The Balaban J connectivity index is 2.11. The fourth-order valence-corrected chi connectivity index (χ4v) is 2.63. The SMILES string of the molecule is Cc1cccc(C(=O)COc2c(Cl)cc(Cl)cc2Cl)c1. The molecule has 2 nitrogen and oxygen atoms in total. The lowest BCUT2D eigenvalue weighted by Gasteiger charge is -2.10. The van der Waals surface area contributed by atoms with Crippen molar-refractivity contribution in [2.24, 2.45) is 0 Å². The highest BCUT2D eigenvalue weighted by Crippen LogP contribution is 2.35. The third kappa shape index (κ3) is 3.66. The third-order valence-corrected chi connectivity index (χ3v) is 3.43. The minimum atomic E-state index is -0.143. The van der Waals surface area contributed by atoms with Gasteiger partial charge in [0.05, 0.1) is 10.0 Å². The summed E-state index contributed by atoms with van der Waals surface area (Å²) in [4.78, 5) is 12.0. The Bertz CT molecular complexity index is 630. The van der Waals surface area contributed by atoms with E-state index in [1.54, 1.807) is 12.1 Å². The number of benzene rings is 2. The van der Waals surface area contributed by atoms with Crippen LogP contribution in [0.3, 0.4) is 0 Å². The lowest BCUT2D eigenvalue weighted by atomic mass is 10.1. The monoisotopic (exact) mass is 328 g/mol. The maximum atomic E-state index is 12.0. The van der Waals surface area contributed by atoms with Crippen molar-refractivity contribution in [3.05, 3.63) is 62.6 Å². The molecular formula is C15H11Cl3O2. The number of aryl methyl sites for hydroxylation is 1. The quantitative estimate of drug-likeness (QED) is 0.719. The van der Waals surface area contributed by atoms with Crippen molar-refractivity contribution in [2.45, 2.75) is 6.92 Å². The summed E-state index contributed by atoms with van der Waals surface area (Å²) in [6.45, 7) is 1.79. The summed E-state index contributed by atoms with van der Waals surface area (Å²) >= 11 is 17.8. The fraction of sp³-hybridized carbons (Fsp3) is 0.133. The maximum Gasteiger partial charge on any atom is 0.200 e. The first-order chi connectivity index (χ1) is 9.47. The summed E-state index contributed by atoms with van der Waals surface area (Å²) in [6, 6.07) is 10.3. The normalized spacial score (nSPS) is 10.4. The van der Waals surface area contributed by atoms with E-state index in [4.69, 9.17) is 39.5 Å². The second-order valence-electron chi connectivity index (χ2n) is 4.28. The van der Waals surface area contributed by atoms with Gasteiger partial charge in [-0.25, -0.2) is 0 Å².